The quantitative estimate of drug-likeness (QED) is 0.528. The molecule has 194 valence electrons. The fourth-order valence-electron chi connectivity index (χ4n) is 6.01. The first-order valence-electron chi connectivity index (χ1n) is 13.5. The summed E-state index contributed by atoms with van der Waals surface area (Å²) in [5, 5.41) is 3.80. The van der Waals surface area contributed by atoms with Crippen LogP contribution in [0, 0.1) is 16.7 Å². The van der Waals surface area contributed by atoms with Gasteiger partial charge in [-0.05, 0) is 55.9 Å². The Balaban J connectivity index is 1.42. The van der Waals surface area contributed by atoms with Crippen molar-refractivity contribution in [1.29, 1.82) is 0 Å². The van der Waals surface area contributed by atoms with Gasteiger partial charge in [0.25, 0.3) is 0 Å². The number of anilines is 2. The zero-order valence-corrected chi connectivity index (χ0v) is 22.3. The van der Waals surface area contributed by atoms with Gasteiger partial charge in [-0.1, -0.05) is 34.3 Å². The van der Waals surface area contributed by atoms with Crippen LogP contribution in [0.2, 0.25) is 0 Å². The third-order valence-corrected chi connectivity index (χ3v) is 8.23. The number of carbonyl (C=O) groups is 1. The van der Waals surface area contributed by atoms with Gasteiger partial charge in [0.05, 0.1) is 11.7 Å². The fourth-order valence-corrected chi connectivity index (χ4v) is 6.01. The lowest BCUT2D eigenvalue weighted by atomic mass is 9.76. The molecule has 2 aliphatic heterocycles. The molecule has 0 radical (unpaired) electrons. The Kier molecular flexibility index (Phi) is 6.55. The minimum absolute atomic E-state index is 0.0307. The summed E-state index contributed by atoms with van der Waals surface area (Å²) in [6.45, 7) is 16.2. The predicted octanol–water partition coefficient (Wildman–Crippen LogP) is 4.53. The topological polar surface area (TPSA) is 90.0 Å². The fraction of sp³-hybridized carbons (Fsp3) is 0.643. The molecule has 2 N–H and O–H groups in total. The van der Waals surface area contributed by atoms with E-state index in [0.29, 0.717) is 5.92 Å². The van der Waals surface area contributed by atoms with Crippen molar-refractivity contribution in [2.24, 2.45) is 16.7 Å². The number of H-pyrrole nitrogens is 1. The monoisotopic (exact) mass is 491 g/mol. The summed E-state index contributed by atoms with van der Waals surface area (Å²) in [6.07, 6.45) is 11.4. The molecule has 0 saturated carbocycles. The number of nitrogens with one attached hydrogen (secondary N) is 2. The molecule has 1 atom stereocenters. The van der Waals surface area contributed by atoms with E-state index >= 15 is 0 Å². The van der Waals surface area contributed by atoms with E-state index in [-0.39, 0.29) is 22.8 Å². The van der Waals surface area contributed by atoms with Gasteiger partial charge < -0.3 is 20.1 Å². The maximum absolute atomic E-state index is 12.0. The lowest BCUT2D eigenvalue weighted by Crippen LogP contribution is -2.59. The van der Waals surface area contributed by atoms with E-state index < -0.39 is 0 Å². The van der Waals surface area contributed by atoms with Crippen LogP contribution >= 0.6 is 0 Å². The van der Waals surface area contributed by atoms with Gasteiger partial charge in [0.15, 0.2) is 0 Å². The van der Waals surface area contributed by atoms with Crippen LogP contribution in [0.25, 0.3) is 0 Å². The van der Waals surface area contributed by atoms with Crippen LogP contribution in [-0.4, -0.2) is 56.9 Å². The van der Waals surface area contributed by atoms with Crippen molar-refractivity contribution in [2.45, 2.75) is 72.3 Å². The van der Waals surface area contributed by atoms with E-state index in [1.165, 1.54) is 17.3 Å². The predicted molar refractivity (Wildman–Crippen MR) is 143 cm³/mol. The average molecular weight is 492 g/mol. The number of amides is 1. The lowest BCUT2D eigenvalue weighted by Gasteiger charge is -2.47. The van der Waals surface area contributed by atoms with Crippen molar-refractivity contribution in [3.8, 4) is 0 Å². The average Bonchev–Trinajstić information content (AvgIpc) is 3.49. The number of rotatable bonds is 8. The molecule has 2 aromatic rings. The van der Waals surface area contributed by atoms with Crippen molar-refractivity contribution in [1.82, 2.24) is 24.8 Å². The highest BCUT2D eigenvalue weighted by Gasteiger charge is 2.49. The Morgan fingerprint density at radius 3 is 2.72 bits per heavy atom. The number of likely N-dealkylation sites (tertiary alicyclic amines) is 1. The van der Waals surface area contributed by atoms with Crippen molar-refractivity contribution in [3.63, 3.8) is 0 Å². The third kappa shape index (κ3) is 5.00. The second-order valence-corrected chi connectivity index (χ2v) is 12.4. The molecular formula is C28H41N7O. The molecule has 36 heavy (non-hydrogen) atoms. The molecule has 1 spiro atoms. The maximum Gasteiger partial charge on any atom is 0.245 e. The molecule has 0 bridgehead atoms. The molecule has 8 heteroatoms. The zero-order chi connectivity index (χ0) is 25.5. The van der Waals surface area contributed by atoms with Crippen molar-refractivity contribution < 1.29 is 4.79 Å². The molecule has 1 amide bonds. The molecule has 3 aliphatic rings. The molecule has 1 unspecified atom stereocenters. The number of imidazole rings is 1. The zero-order valence-electron chi connectivity index (χ0n) is 22.3. The summed E-state index contributed by atoms with van der Waals surface area (Å²) in [5.41, 5.74) is 2.83. The number of nitrogens with zero attached hydrogens (tertiary/aromatic N) is 5. The van der Waals surface area contributed by atoms with Crippen LogP contribution in [0.15, 0.2) is 25.0 Å². The van der Waals surface area contributed by atoms with Gasteiger partial charge in [-0.25, -0.2) is 9.97 Å². The maximum atomic E-state index is 12.0. The smallest absolute Gasteiger partial charge is 0.245 e. The number of aromatic nitrogens is 4. The molecule has 1 aliphatic carbocycles. The summed E-state index contributed by atoms with van der Waals surface area (Å²) in [7, 11) is 0. The van der Waals surface area contributed by atoms with E-state index in [4.69, 9.17) is 9.97 Å². The van der Waals surface area contributed by atoms with Gasteiger partial charge in [-0.3, -0.25) is 4.79 Å². The third-order valence-electron chi connectivity index (χ3n) is 8.23. The molecule has 0 aromatic carbocycles. The van der Waals surface area contributed by atoms with Crippen LogP contribution in [0.1, 0.15) is 76.5 Å². The molecule has 8 nitrogen and oxygen atoms in total. The first kappa shape index (κ1) is 24.8. The second kappa shape index (κ2) is 9.52. The Labute approximate surface area is 215 Å². The first-order chi connectivity index (χ1) is 17.2. The molecular weight excluding hydrogens is 450 g/mol. The summed E-state index contributed by atoms with van der Waals surface area (Å²) in [6, 6.07) is 0.0826. The van der Waals surface area contributed by atoms with Crippen LogP contribution in [-0.2, 0) is 17.6 Å². The van der Waals surface area contributed by atoms with Crippen molar-refractivity contribution in [3.05, 3.63) is 42.1 Å². The molecule has 2 saturated heterocycles. The molecule has 2 aromatic heterocycles. The van der Waals surface area contributed by atoms with Gasteiger partial charge in [0.2, 0.25) is 11.9 Å². The van der Waals surface area contributed by atoms with Gasteiger partial charge in [-0.2, -0.15) is 4.98 Å². The minimum atomic E-state index is 0.0307. The highest BCUT2D eigenvalue weighted by Crippen LogP contribution is 2.43. The number of aromatic amines is 1. The molecule has 4 heterocycles. The normalized spacial score (nSPS) is 20.8. The highest BCUT2D eigenvalue weighted by molar-refractivity contribution is 5.87. The Hall–Kier alpha value is -2.90. The highest BCUT2D eigenvalue weighted by atomic mass is 16.2. The number of fused-ring (bicyclic) bond motifs is 1. The van der Waals surface area contributed by atoms with Gasteiger partial charge in [-0.15, -0.1) is 0 Å². The van der Waals surface area contributed by atoms with Crippen LogP contribution in [0.3, 0.4) is 0 Å². The summed E-state index contributed by atoms with van der Waals surface area (Å²) in [4.78, 5) is 34.4. The van der Waals surface area contributed by atoms with Crippen molar-refractivity contribution >= 4 is 17.7 Å². The van der Waals surface area contributed by atoms with Crippen LogP contribution in [0.4, 0.5) is 11.8 Å². The first-order valence-corrected chi connectivity index (χ1v) is 13.5. The van der Waals surface area contributed by atoms with E-state index in [2.05, 4.69) is 54.5 Å². The Morgan fingerprint density at radius 1 is 1.22 bits per heavy atom. The summed E-state index contributed by atoms with van der Waals surface area (Å²) >= 11 is 0. The van der Waals surface area contributed by atoms with Crippen molar-refractivity contribution in [2.75, 3.05) is 36.4 Å². The van der Waals surface area contributed by atoms with E-state index in [0.717, 1.165) is 82.3 Å². The largest absolute Gasteiger partial charge is 0.360 e. The Bertz CT molecular complexity index is 1100. The summed E-state index contributed by atoms with van der Waals surface area (Å²) in [5.74, 6) is 3.40. The number of hydrogen-bond donors (Lipinski definition) is 2. The van der Waals surface area contributed by atoms with E-state index in [1.807, 2.05) is 17.3 Å². The number of hydrogen-bond acceptors (Lipinski definition) is 6. The van der Waals surface area contributed by atoms with Crippen LogP contribution < -0.4 is 10.2 Å². The Morgan fingerprint density at radius 2 is 2.03 bits per heavy atom. The second-order valence-electron chi connectivity index (χ2n) is 12.4. The minimum Gasteiger partial charge on any atom is -0.360 e. The SMILES string of the molecule is C=CC(=O)N1CC2(CCN(c3nc4c(c(NC(CCC(C)C)c5ncc[nH]5)n3)CCC(C)(C)C4)C2)C1. The van der Waals surface area contributed by atoms with Gasteiger partial charge >= 0.3 is 0 Å². The van der Waals surface area contributed by atoms with Crippen LogP contribution in [0.5, 0.6) is 0 Å². The lowest BCUT2D eigenvalue weighted by molar-refractivity contribution is -0.136. The standard InChI is InChI=1S/C28H41N7O/c1-6-23(36)35-17-28(18-35)11-14-34(16-28)26-32-22-15-27(4,5)10-9-20(22)24(33-26)31-21(8-7-19(2)3)25-29-12-13-30-25/h6,12-13,19,21H,1,7-11,14-18H2,2-5H3,(H,29,30)(H,31,32,33). The summed E-state index contributed by atoms with van der Waals surface area (Å²) < 4.78 is 0. The van der Waals surface area contributed by atoms with E-state index in [9.17, 15) is 4.79 Å². The molecule has 5 rings (SSSR count). The molecule has 2 fully saturated rings. The van der Waals surface area contributed by atoms with E-state index in [1.54, 1.807) is 0 Å². The van der Waals surface area contributed by atoms with Gasteiger partial charge in [0.1, 0.15) is 11.6 Å². The number of carbonyl (C=O) groups excluding carboxylic acids is 1. The van der Waals surface area contributed by atoms with Gasteiger partial charge in [0, 0.05) is 49.6 Å².